The summed E-state index contributed by atoms with van der Waals surface area (Å²) >= 11 is 0. The van der Waals surface area contributed by atoms with Gasteiger partial charge < -0.3 is 4.43 Å². The minimum atomic E-state index is -1.84. The Hall–Kier alpha value is -0.853. The third-order valence-corrected chi connectivity index (χ3v) is 12.2. The van der Waals surface area contributed by atoms with E-state index in [4.69, 9.17) is 4.43 Å². The van der Waals surface area contributed by atoms with Gasteiger partial charge in [-0.2, -0.15) is 5.26 Å². The van der Waals surface area contributed by atoms with Crippen molar-refractivity contribution in [3.05, 3.63) is 23.8 Å². The molecule has 146 valence electrons. The van der Waals surface area contributed by atoms with Crippen LogP contribution in [0, 0.1) is 34.0 Å². The molecule has 3 heteroatoms. The highest BCUT2D eigenvalue weighted by Gasteiger charge is 2.55. The molecule has 2 rings (SSSR count). The maximum absolute atomic E-state index is 9.89. The van der Waals surface area contributed by atoms with Crippen LogP contribution in [0.25, 0.3) is 0 Å². The fourth-order valence-electron chi connectivity index (χ4n) is 4.66. The van der Waals surface area contributed by atoms with Crippen molar-refractivity contribution in [2.75, 3.05) is 0 Å². The monoisotopic (exact) mass is 373 g/mol. The van der Waals surface area contributed by atoms with Crippen molar-refractivity contribution < 1.29 is 4.43 Å². The quantitative estimate of drug-likeness (QED) is 0.399. The van der Waals surface area contributed by atoms with Gasteiger partial charge in [0.15, 0.2) is 8.32 Å². The van der Waals surface area contributed by atoms with Gasteiger partial charge in [-0.3, -0.25) is 0 Å². The van der Waals surface area contributed by atoms with Gasteiger partial charge >= 0.3 is 0 Å². The van der Waals surface area contributed by atoms with E-state index in [9.17, 15) is 5.26 Å². The summed E-state index contributed by atoms with van der Waals surface area (Å²) in [7, 11) is -1.84. The van der Waals surface area contributed by atoms with Crippen LogP contribution in [0.5, 0.6) is 0 Å². The van der Waals surface area contributed by atoms with Crippen LogP contribution in [0.2, 0.25) is 18.1 Å². The van der Waals surface area contributed by atoms with Crippen LogP contribution >= 0.6 is 0 Å². The summed E-state index contributed by atoms with van der Waals surface area (Å²) in [5.74, 6) is 0.380. The van der Waals surface area contributed by atoms with Crippen molar-refractivity contribution in [3.63, 3.8) is 0 Å². The summed E-state index contributed by atoms with van der Waals surface area (Å²) in [6.07, 6.45) is 5.67. The molecule has 0 aromatic rings. The van der Waals surface area contributed by atoms with Gasteiger partial charge in [0.2, 0.25) is 0 Å². The Morgan fingerprint density at radius 2 is 1.88 bits per heavy atom. The van der Waals surface area contributed by atoms with Crippen molar-refractivity contribution >= 4 is 8.32 Å². The van der Waals surface area contributed by atoms with E-state index in [0.29, 0.717) is 5.92 Å². The normalized spacial score (nSPS) is 34.5. The average Bonchev–Trinajstić information content (AvgIpc) is 2.48. The molecule has 2 aliphatic rings. The minimum Gasteiger partial charge on any atom is -0.413 e. The number of hydrogen-bond acceptors (Lipinski definition) is 2. The van der Waals surface area contributed by atoms with Crippen LogP contribution in [-0.2, 0) is 4.43 Å². The SMILES string of the molecule is C=C(C)[C@@H]1C=C2C(C)(C)[C@@H](O[Si](C)(C)C(C)(C)C)CC[C@]2(C)[C@@H](C#N)C1. The number of allylic oxidation sites excluding steroid dienone is 2. The molecule has 0 radical (unpaired) electrons. The van der Waals surface area contributed by atoms with Gasteiger partial charge in [0.1, 0.15) is 0 Å². The van der Waals surface area contributed by atoms with Crippen molar-refractivity contribution in [2.24, 2.45) is 22.7 Å². The molecular weight excluding hydrogens is 334 g/mol. The third kappa shape index (κ3) is 3.48. The van der Waals surface area contributed by atoms with Gasteiger partial charge in [-0.15, -0.1) is 0 Å². The average molecular weight is 374 g/mol. The predicted octanol–water partition coefficient (Wildman–Crippen LogP) is 6.87. The van der Waals surface area contributed by atoms with Gasteiger partial charge in [0.05, 0.1) is 18.1 Å². The molecule has 0 amide bonds. The van der Waals surface area contributed by atoms with Gasteiger partial charge in [-0.05, 0) is 50.2 Å². The van der Waals surface area contributed by atoms with Crippen molar-refractivity contribution in [3.8, 4) is 6.07 Å². The molecule has 2 nitrogen and oxygen atoms in total. The first-order chi connectivity index (χ1) is 11.7. The fraction of sp³-hybridized carbons (Fsp3) is 0.783. The lowest BCUT2D eigenvalue weighted by Crippen LogP contribution is -2.54. The number of nitriles is 1. The van der Waals surface area contributed by atoms with E-state index in [0.717, 1.165) is 19.3 Å². The molecule has 0 spiro atoms. The molecule has 0 aromatic heterocycles. The van der Waals surface area contributed by atoms with E-state index < -0.39 is 8.32 Å². The molecule has 1 fully saturated rings. The summed E-state index contributed by atoms with van der Waals surface area (Å²) in [6.45, 7) is 24.9. The van der Waals surface area contributed by atoms with Crippen molar-refractivity contribution in [1.82, 2.24) is 0 Å². The summed E-state index contributed by atoms with van der Waals surface area (Å²) in [4.78, 5) is 0. The summed E-state index contributed by atoms with van der Waals surface area (Å²) in [5, 5.41) is 10.1. The maximum atomic E-state index is 9.89. The second kappa shape index (κ2) is 6.64. The van der Waals surface area contributed by atoms with E-state index in [1.54, 1.807) is 0 Å². The smallest absolute Gasteiger partial charge is 0.192 e. The minimum absolute atomic E-state index is 0.0303. The molecule has 0 heterocycles. The zero-order valence-electron chi connectivity index (χ0n) is 18.5. The molecular formula is C23H39NOSi. The summed E-state index contributed by atoms with van der Waals surface area (Å²) < 4.78 is 6.91. The van der Waals surface area contributed by atoms with E-state index >= 15 is 0 Å². The number of nitrogens with zero attached hydrogens (tertiary/aromatic N) is 1. The van der Waals surface area contributed by atoms with Crippen molar-refractivity contribution in [2.45, 2.75) is 92.0 Å². The fourth-order valence-corrected chi connectivity index (χ4v) is 6.14. The maximum Gasteiger partial charge on any atom is 0.192 e. The van der Waals surface area contributed by atoms with Gasteiger partial charge in [0, 0.05) is 10.8 Å². The van der Waals surface area contributed by atoms with Gasteiger partial charge in [-0.1, -0.05) is 65.3 Å². The van der Waals surface area contributed by atoms with Gasteiger partial charge in [-0.25, -0.2) is 0 Å². The van der Waals surface area contributed by atoms with E-state index in [-0.39, 0.29) is 27.9 Å². The zero-order valence-corrected chi connectivity index (χ0v) is 19.5. The Balaban J connectivity index is 2.45. The Bertz CT molecular complexity index is 646. The Labute approximate surface area is 162 Å². The standard InChI is InChI=1S/C23H39NOSi/c1-16(2)17-13-18(15-24)23(8)12-11-20(22(6,7)19(23)14-17)25-26(9,10)21(3,4)5/h14,17-18,20H,1,11-13H2,2-10H3/t17-,18+,20-,23+/m0/s1. The second-order valence-electron chi connectivity index (χ2n) is 11.0. The van der Waals surface area contributed by atoms with E-state index in [2.05, 4.69) is 80.3 Å². The van der Waals surface area contributed by atoms with Crippen LogP contribution < -0.4 is 0 Å². The third-order valence-electron chi connectivity index (χ3n) is 7.70. The van der Waals surface area contributed by atoms with Crippen LogP contribution in [0.1, 0.15) is 67.7 Å². The molecule has 0 saturated heterocycles. The van der Waals surface area contributed by atoms with E-state index in [1.165, 1.54) is 11.1 Å². The zero-order chi connectivity index (χ0) is 20.1. The molecule has 0 aliphatic heterocycles. The van der Waals surface area contributed by atoms with Crippen LogP contribution in [0.3, 0.4) is 0 Å². The van der Waals surface area contributed by atoms with Crippen LogP contribution in [-0.4, -0.2) is 14.4 Å². The molecule has 4 atom stereocenters. The lowest BCUT2D eigenvalue weighted by atomic mass is 9.51. The molecule has 0 bridgehead atoms. The second-order valence-corrected chi connectivity index (χ2v) is 15.8. The molecule has 26 heavy (non-hydrogen) atoms. The Morgan fingerprint density at radius 3 is 2.35 bits per heavy atom. The Kier molecular flexibility index (Phi) is 5.48. The number of fused-ring (bicyclic) bond motifs is 1. The topological polar surface area (TPSA) is 33.0 Å². The lowest BCUT2D eigenvalue weighted by Gasteiger charge is -2.56. The molecule has 0 aromatic carbocycles. The Morgan fingerprint density at radius 1 is 1.31 bits per heavy atom. The first-order valence-electron chi connectivity index (χ1n) is 10.1. The predicted molar refractivity (Wildman–Crippen MR) is 113 cm³/mol. The highest BCUT2D eigenvalue weighted by molar-refractivity contribution is 6.74. The molecule has 0 unspecified atom stereocenters. The first kappa shape index (κ1) is 21.4. The highest BCUT2D eigenvalue weighted by Crippen LogP contribution is 2.60. The van der Waals surface area contributed by atoms with Crippen LogP contribution in [0.4, 0.5) is 0 Å². The summed E-state index contributed by atoms with van der Waals surface area (Å²) in [6, 6.07) is 2.64. The van der Waals surface area contributed by atoms with E-state index in [1.807, 2.05) is 0 Å². The number of hydrogen-bond donors (Lipinski definition) is 0. The highest BCUT2D eigenvalue weighted by atomic mass is 28.4. The molecule has 0 N–H and O–H groups in total. The van der Waals surface area contributed by atoms with Crippen LogP contribution in [0.15, 0.2) is 23.8 Å². The lowest BCUT2D eigenvalue weighted by molar-refractivity contribution is 0.00447. The molecule has 1 saturated carbocycles. The first-order valence-corrected chi connectivity index (χ1v) is 13.0. The summed E-state index contributed by atoms with van der Waals surface area (Å²) in [5.41, 5.74) is 2.53. The number of rotatable bonds is 3. The van der Waals surface area contributed by atoms with Crippen molar-refractivity contribution in [1.29, 1.82) is 5.26 Å². The van der Waals surface area contributed by atoms with Gasteiger partial charge in [0.25, 0.3) is 0 Å². The molecule has 2 aliphatic carbocycles. The largest absolute Gasteiger partial charge is 0.413 e.